The Kier molecular flexibility index (Phi) is 2.13. The van der Waals surface area contributed by atoms with Gasteiger partial charge in [-0.05, 0) is 18.9 Å². The average molecular weight is 161 g/mol. The molecule has 1 saturated heterocycles. The summed E-state index contributed by atoms with van der Waals surface area (Å²) in [5.41, 5.74) is 0. The predicted molar refractivity (Wildman–Crippen MR) is 51.9 cm³/mol. The molecular formula is C11H15N. The van der Waals surface area contributed by atoms with Gasteiger partial charge in [-0.15, -0.1) is 6.58 Å². The number of rotatable bonds is 2. The largest absolute Gasteiger partial charge is 0.293 e. The second-order valence-corrected chi connectivity index (χ2v) is 3.50. The average Bonchev–Trinajstić information content (AvgIpc) is 2.50. The third-order valence-corrected chi connectivity index (χ3v) is 2.75. The molecule has 1 nitrogen and oxygen atoms in total. The topological polar surface area (TPSA) is 3.24 Å². The second kappa shape index (κ2) is 3.28. The molecule has 0 unspecified atom stereocenters. The molecule has 2 aliphatic rings. The van der Waals surface area contributed by atoms with E-state index in [-0.39, 0.29) is 0 Å². The molecule has 64 valence electrons. The van der Waals surface area contributed by atoms with Gasteiger partial charge in [-0.25, -0.2) is 0 Å². The molecule has 1 aliphatic heterocycles. The van der Waals surface area contributed by atoms with Crippen molar-refractivity contribution in [1.82, 2.24) is 4.90 Å². The SMILES string of the molecule is C=CCN1CC[C@@H]2C=CC=C[C@@H]21. The van der Waals surface area contributed by atoms with Crippen molar-refractivity contribution < 1.29 is 0 Å². The van der Waals surface area contributed by atoms with Gasteiger partial charge in [-0.3, -0.25) is 4.90 Å². The van der Waals surface area contributed by atoms with Crippen LogP contribution in [0.5, 0.6) is 0 Å². The van der Waals surface area contributed by atoms with Gasteiger partial charge in [0.05, 0.1) is 0 Å². The van der Waals surface area contributed by atoms with E-state index >= 15 is 0 Å². The predicted octanol–water partition coefficient (Wildman–Crippen LogP) is 1.99. The molecule has 0 aromatic heterocycles. The molecular weight excluding hydrogens is 146 g/mol. The van der Waals surface area contributed by atoms with E-state index < -0.39 is 0 Å². The third-order valence-electron chi connectivity index (χ3n) is 2.75. The van der Waals surface area contributed by atoms with Crippen molar-refractivity contribution >= 4 is 0 Å². The van der Waals surface area contributed by atoms with Crippen molar-refractivity contribution in [2.24, 2.45) is 5.92 Å². The monoisotopic (exact) mass is 161 g/mol. The maximum atomic E-state index is 3.78. The minimum Gasteiger partial charge on any atom is -0.293 e. The van der Waals surface area contributed by atoms with Gasteiger partial charge >= 0.3 is 0 Å². The number of nitrogens with zero attached hydrogens (tertiary/aromatic N) is 1. The van der Waals surface area contributed by atoms with Crippen LogP contribution in [0, 0.1) is 5.92 Å². The van der Waals surface area contributed by atoms with Gasteiger partial charge in [0.1, 0.15) is 0 Å². The van der Waals surface area contributed by atoms with Gasteiger partial charge in [0.2, 0.25) is 0 Å². The molecule has 0 aromatic rings. The fourth-order valence-corrected chi connectivity index (χ4v) is 2.14. The lowest BCUT2D eigenvalue weighted by atomic mass is 9.96. The van der Waals surface area contributed by atoms with Crippen LogP contribution < -0.4 is 0 Å². The zero-order valence-electron chi connectivity index (χ0n) is 7.32. The van der Waals surface area contributed by atoms with Crippen LogP contribution in [0.2, 0.25) is 0 Å². The molecule has 0 bridgehead atoms. The minimum absolute atomic E-state index is 0.646. The van der Waals surface area contributed by atoms with E-state index in [1.807, 2.05) is 6.08 Å². The highest BCUT2D eigenvalue weighted by Gasteiger charge is 2.30. The fourth-order valence-electron chi connectivity index (χ4n) is 2.14. The van der Waals surface area contributed by atoms with Crippen molar-refractivity contribution in [3.8, 4) is 0 Å². The highest BCUT2D eigenvalue weighted by atomic mass is 15.2. The van der Waals surface area contributed by atoms with Gasteiger partial charge in [-0.1, -0.05) is 30.4 Å². The van der Waals surface area contributed by atoms with Crippen LogP contribution in [0.25, 0.3) is 0 Å². The zero-order chi connectivity index (χ0) is 8.39. The van der Waals surface area contributed by atoms with Gasteiger partial charge in [0.25, 0.3) is 0 Å². The van der Waals surface area contributed by atoms with Crippen molar-refractivity contribution in [3.63, 3.8) is 0 Å². The Morgan fingerprint density at radius 2 is 2.25 bits per heavy atom. The molecule has 0 amide bonds. The van der Waals surface area contributed by atoms with Crippen molar-refractivity contribution in [2.45, 2.75) is 12.5 Å². The molecule has 1 heteroatoms. The number of likely N-dealkylation sites (tertiary alicyclic amines) is 1. The van der Waals surface area contributed by atoms with Gasteiger partial charge in [-0.2, -0.15) is 0 Å². The Morgan fingerprint density at radius 3 is 3.08 bits per heavy atom. The molecule has 1 fully saturated rings. The summed E-state index contributed by atoms with van der Waals surface area (Å²) in [6.45, 7) is 6.02. The first-order valence-corrected chi connectivity index (χ1v) is 4.62. The second-order valence-electron chi connectivity index (χ2n) is 3.50. The summed E-state index contributed by atoms with van der Waals surface area (Å²) in [4.78, 5) is 2.48. The summed E-state index contributed by atoms with van der Waals surface area (Å²) in [6.07, 6.45) is 12.3. The Labute approximate surface area is 74.1 Å². The van der Waals surface area contributed by atoms with Crippen LogP contribution >= 0.6 is 0 Å². The molecule has 0 spiro atoms. The Hall–Kier alpha value is -0.820. The lowest BCUT2D eigenvalue weighted by Gasteiger charge is -2.24. The van der Waals surface area contributed by atoms with E-state index in [2.05, 4.69) is 35.8 Å². The Morgan fingerprint density at radius 1 is 1.42 bits per heavy atom. The lowest BCUT2D eigenvalue weighted by Crippen LogP contribution is -2.31. The van der Waals surface area contributed by atoms with Crippen LogP contribution in [-0.2, 0) is 0 Å². The molecule has 1 heterocycles. The fraction of sp³-hybridized carbons (Fsp3) is 0.455. The quantitative estimate of drug-likeness (QED) is 0.560. The molecule has 0 N–H and O–H groups in total. The number of hydrogen-bond acceptors (Lipinski definition) is 1. The van der Waals surface area contributed by atoms with Crippen molar-refractivity contribution in [3.05, 3.63) is 37.0 Å². The third kappa shape index (κ3) is 1.25. The van der Waals surface area contributed by atoms with E-state index in [1.54, 1.807) is 0 Å². The summed E-state index contributed by atoms with van der Waals surface area (Å²) < 4.78 is 0. The highest BCUT2D eigenvalue weighted by molar-refractivity contribution is 5.19. The molecule has 2 atom stereocenters. The van der Waals surface area contributed by atoms with E-state index in [0.29, 0.717) is 6.04 Å². The van der Waals surface area contributed by atoms with E-state index in [4.69, 9.17) is 0 Å². The van der Waals surface area contributed by atoms with Crippen LogP contribution in [0.1, 0.15) is 6.42 Å². The first kappa shape index (κ1) is 7.81. The van der Waals surface area contributed by atoms with Crippen LogP contribution in [0.4, 0.5) is 0 Å². The molecule has 0 radical (unpaired) electrons. The molecule has 0 saturated carbocycles. The van der Waals surface area contributed by atoms with Crippen LogP contribution in [0.3, 0.4) is 0 Å². The minimum atomic E-state index is 0.646. The molecule has 1 aliphatic carbocycles. The normalized spacial score (nSPS) is 33.7. The zero-order valence-corrected chi connectivity index (χ0v) is 7.32. The number of allylic oxidation sites excluding steroid dienone is 2. The van der Waals surface area contributed by atoms with E-state index in [0.717, 1.165) is 12.5 Å². The molecule has 2 rings (SSSR count). The van der Waals surface area contributed by atoms with Gasteiger partial charge < -0.3 is 0 Å². The van der Waals surface area contributed by atoms with Crippen LogP contribution in [-0.4, -0.2) is 24.0 Å². The summed E-state index contributed by atoms with van der Waals surface area (Å²) in [7, 11) is 0. The summed E-state index contributed by atoms with van der Waals surface area (Å²) in [5, 5.41) is 0. The van der Waals surface area contributed by atoms with Crippen molar-refractivity contribution in [2.75, 3.05) is 13.1 Å². The van der Waals surface area contributed by atoms with Gasteiger partial charge in [0, 0.05) is 12.6 Å². The summed E-state index contributed by atoms with van der Waals surface area (Å²) in [6, 6.07) is 0.646. The smallest absolute Gasteiger partial charge is 0.0347 e. The number of fused-ring (bicyclic) bond motifs is 1. The first-order valence-electron chi connectivity index (χ1n) is 4.62. The molecule has 0 aromatic carbocycles. The maximum Gasteiger partial charge on any atom is 0.0347 e. The molecule has 12 heavy (non-hydrogen) atoms. The van der Waals surface area contributed by atoms with Crippen molar-refractivity contribution in [1.29, 1.82) is 0 Å². The lowest BCUT2D eigenvalue weighted by molar-refractivity contribution is 0.306. The van der Waals surface area contributed by atoms with E-state index in [1.165, 1.54) is 13.0 Å². The standard InChI is InChI=1S/C11H15N/c1-2-8-12-9-7-10-5-3-4-6-11(10)12/h2-6,10-11H,1,7-9H2/t10-,11-/m0/s1. The summed E-state index contributed by atoms with van der Waals surface area (Å²) in [5.74, 6) is 0.759. The Balaban J connectivity index is 2.07. The van der Waals surface area contributed by atoms with Gasteiger partial charge in [0.15, 0.2) is 0 Å². The highest BCUT2D eigenvalue weighted by Crippen LogP contribution is 2.28. The first-order chi connectivity index (χ1) is 5.92. The Bertz CT molecular complexity index is 227. The summed E-state index contributed by atoms with van der Waals surface area (Å²) >= 11 is 0. The van der Waals surface area contributed by atoms with E-state index in [9.17, 15) is 0 Å². The maximum absolute atomic E-state index is 3.78. The van der Waals surface area contributed by atoms with Crippen LogP contribution in [0.15, 0.2) is 37.0 Å². The number of hydrogen-bond donors (Lipinski definition) is 0.